The molecule has 31 heavy (non-hydrogen) atoms. The van der Waals surface area contributed by atoms with E-state index in [9.17, 15) is 9.59 Å². The predicted octanol–water partition coefficient (Wildman–Crippen LogP) is 2.75. The van der Waals surface area contributed by atoms with Gasteiger partial charge in [-0.15, -0.1) is 11.3 Å². The number of nitrogens with one attached hydrogen (secondary N) is 1. The highest BCUT2D eigenvalue weighted by Crippen LogP contribution is 2.39. The van der Waals surface area contributed by atoms with Crippen LogP contribution in [0.1, 0.15) is 46.1 Å². The van der Waals surface area contributed by atoms with Gasteiger partial charge in [0.05, 0.1) is 23.2 Å². The minimum Gasteiger partial charge on any atom is -0.370 e. The molecule has 162 valence electrons. The summed E-state index contributed by atoms with van der Waals surface area (Å²) >= 11 is 1.49. The summed E-state index contributed by atoms with van der Waals surface area (Å²) in [6, 6.07) is 9.47. The number of nitrogens with two attached hydrogens (primary N) is 1. The Kier molecular flexibility index (Phi) is 6.25. The summed E-state index contributed by atoms with van der Waals surface area (Å²) < 4.78 is 0. The number of carbonyl (C=O) groups excluding carboxylic acids is 2. The summed E-state index contributed by atoms with van der Waals surface area (Å²) in [5, 5.41) is 12.6. The van der Waals surface area contributed by atoms with Crippen LogP contribution in [0.2, 0.25) is 0 Å². The molecule has 0 radical (unpaired) electrons. The molecule has 1 aromatic heterocycles. The van der Waals surface area contributed by atoms with Gasteiger partial charge in [-0.3, -0.25) is 14.5 Å². The van der Waals surface area contributed by atoms with E-state index < -0.39 is 5.91 Å². The molecule has 2 amide bonds. The second kappa shape index (κ2) is 9.08. The lowest BCUT2D eigenvalue weighted by atomic mass is 10.1. The first kappa shape index (κ1) is 21.3. The Balaban J connectivity index is 1.40. The minimum absolute atomic E-state index is 0.103. The van der Waals surface area contributed by atoms with Crippen LogP contribution in [0.5, 0.6) is 0 Å². The number of amides is 2. The number of rotatable bonds is 5. The van der Waals surface area contributed by atoms with Crippen molar-refractivity contribution >= 4 is 33.8 Å². The molecule has 8 heteroatoms. The van der Waals surface area contributed by atoms with Gasteiger partial charge in [-0.1, -0.05) is 0 Å². The molecule has 2 heterocycles. The van der Waals surface area contributed by atoms with Crippen molar-refractivity contribution < 1.29 is 9.59 Å². The van der Waals surface area contributed by atoms with Crippen LogP contribution < -0.4 is 16.0 Å². The topological polar surface area (TPSA) is 102 Å². The van der Waals surface area contributed by atoms with Crippen molar-refractivity contribution in [3.05, 3.63) is 45.8 Å². The molecule has 7 nitrogen and oxygen atoms in total. The van der Waals surface area contributed by atoms with Crippen LogP contribution in [0.25, 0.3) is 0 Å². The summed E-state index contributed by atoms with van der Waals surface area (Å²) in [6.07, 6.45) is 3.78. The molecule has 0 bridgehead atoms. The molecule has 1 unspecified atom stereocenters. The van der Waals surface area contributed by atoms with Gasteiger partial charge in [0, 0.05) is 36.7 Å². The Morgan fingerprint density at radius 2 is 1.90 bits per heavy atom. The number of anilines is 2. The quantitative estimate of drug-likeness (QED) is 0.749. The SMILES string of the molecule is CC(C(=O)Nc1sc2c(c1C(N)=O)CCC2)N1CCCN(c2ccc(C#N)cc2)CC1. The van der Waals surface area contributed by atoms with Crippen molar-refractivity contribution in [3.63, 3.8) is 0 Å². The van der Waals surface area contributed by atoms with E-state index in [1.54, 1.807) is 0 Å². The van der Waals surface area contributed by atoms with E-state index in [4.69, 9.17) is 11.0 Å². The lowest BCUT2D eigenvalue weighted by Gasteiger charge is -2.27. The highest BCUT2D eigenvalue weighted by Gasteiger charge is 2.29. The van der Waals surface area contributed by atoms with Gasteiger partial charge in [0.15, 0.2) is 0 Å². The Hall–Kier alpha value is -2.89. The molecular weight excluding hydrogens is 410 g/mol. The number of primary amides is 1. The first-order valence-corrected chi connectivity index (χ1v) is 11.5. The smallest absolute Gasteiger partial charge is 0.251 e. The molecule has 1 atom stereocenters. The zero-order valence-electron chi connectivity index (χ0n) is 17.7. The molecule has 2 aromatic rings. The molecule has 2 aliphatic rings. The third-order valence-corrected chi connectivity index (χ3v) is 7.43. The number of hydrogen-bond acceptors (Lipinski definition) is 6. The predicted molar refractivity (Wildman–Crippen MR) is 123 cm³/mol. The molecule has 1 aliphatic heterocycles. The summed E-state index contributed by atoms with van der Waals surface area (Å²) in [7, 11) is 0. The maximum atomic E-state index is 13.0. The second-order valence-electron chi connectivity index (χ2n) is 8.13. The lowest BCUT2D eigenvalue weighted by molar-refractivity contribution is -0.120. The average molecular weight is 438 g/mol. The van der Waals surface area contributed by atoms with Gasteiger partial charge < -0.3 is 16.0 Å². The van der Waals surface area contributed by atoms with Crippen molar-refractivity contribution in [3.8, 4) is 6.07 Å². The van der Waals surface area contributed by atoms with Gasteiger partial charge >= 0.3 is 0 Å². The van der Waals surface area contributed by atoms with E-state index in [2.05, 4.69) is 21.2 Å². The van der Waals surface area contributed by atoms with E-state index in [1.807, 2.05) is 31.2 Å². The standard InChI is InChI=1S/C23H27N5O2S/c1-15(22(30)26-23-20(21(25)29)18-4-2-5-19(18)31-23)27-10-3-11-28(13-12-27)17-8-6-16(14-24)7-9-17/h6-9,15H,2-5,10-13H2,1H3,(H2,25,29)(H,26,30). The van der Waals surface area contributed by atoms with Crippen molar-refractivity contribution in [1.29, 1.82) is 5.26 Å². The maximum Gasteiger partial charge on any atom is 0.251 e. The van der Waals surface area contributed by atoms with Crippen LogP contribution in [-0.2, 0) is 17.6 Å². The van der Waals surface area contributed by atoms with Crippen molar-refractivity contribution in [2.45, 2.75) is 38.6 Å². The lowest BCUT2D eigenvalue weighted by Crippen LogP contribution is -2.44. The summed E-state index contributed by atoms with van der Waals surface area (Å²) in [5.74, 6) is -0.565. The molecule has 1 aromatic carbocycles. The molecule has 0 spiro atoms. The molecule has 1 aliphatic carbocycles. The van der Waals surface area contributed by atoms with Gasteiger partial charge in [-0.05, 0) is 62.4 Å². The largest absolute Gasteiger partial charge is 0.370 e. The highest BCUT2D eigenvalue weighted by atomic mass is 32.1. The normalized spacial score (nSPS) is 17.5. The Labute approximate surface area is 186 Å². The second-order valence-corrected chi connectivity index (χ2v) is 9.23. The Morgan fingerprint density at radius 1 is 1.13 bits per heavy atom. The fourth-order valence-electron chi connectivity index (χ4n) is 4.46. The summed E-state index contributed by atoms with van der Waals surface area (Å²) in [4.78, 5) is 30.6. The molecular formula is C23H27N5O2S. The van der Waals surface area contributed by atoms with Gasteiger partial charge in [-0.2, -0.15) is 5.26 Å². The summed E-state index contributed by atoms with van der Waals surface area (Å²) in [6.45, 7) is 5.21. The Morgan fingerprint density at radius 3 is 2.61 bits per heavy atom. The van der Waals surface area contributed by atoms with Crippen LogP contribution in [0.4, 0.5) is 10.7 Å². The van der Waals surface area contributed by atoms with E-state index in [0.29, 0.717) is 16.1 Å². The first-order chi connectivity index (χ1) is 15.0. The summed E-state index contributed by atoms with van der Waals surface area (Å²) in [5.41, 5.74) is 8.89. The number of benzene rings is 1. The maximum absolute atomic E-state index is 13.0. The van der Waals surface area contributed by atoms with Crippen LogP contribution in [0.15, 0.2) is 24.3 Å². The third-order valence-electron chi connectivity index (χ3n) is 6.22. The molecule has 0 saturated carbocycles. The van der Waals surface area contributed by atoms with Gasteiger partial charge in [-0.25, -0.2) is 0 Å². The van der Waals surface area contributed by atoms with Gasteiger partial charge in [0.1, 0.15) is 5.00 Å². The number of carbonyl (C=O) groups is 2. The zero-order valence-corrected chi connectivity index (χ0v) is 18.5. The van der Waals surface area contributed by atoms with Crippen molar-refractivity contribution in [1.82, 2.24) is 4.90 Å². The van der Waals surface area contributed by atoms with E-state index >= 15 is 0 Å². The monoisotopic (exact) mass is 437 g/mol. The molecule has 3 N–H and O–H groups in total. The molecule has 1 fully saturated rings. The third kappa shape index (κ3) is 4.43. The van der Waals surface area contributed by atoms with E-state index in [0.717, 1.165) is 63.1 Å². The first-order valence-electron chi connectivity index (χ1n) is 10.7. The number of aryl methyl sites for hydroxylation is 1. The minimum atomic E-state index is -0.463. The van der Waals surface area contributed by atoms with Gasteiger partial charge in [0.25, 0.3) is 5.91 Å². The number of thiophene rings is 1. The number of fused-ring (bicyclic) bond motifs is 1. The van der Waals surface area contributed by atoms with Crippen LogP contribution in [-0.4, -0.2) is 48.9 Å². The van der Waals surface area contributed by atoms with Crippen molar-refractivity contribution in [2.75, 3.05) is 36.4 Å². The zero-order chi connectivity index (χ0) is 22.0. The number of nitrogens with zero attached hydrogens (tertiary/aromatic N) is 3. The van der Waals surface area contributed by atoms with Gasteiger partial charge in [0.2, 0.25) is 5.91 Å². The van der Waals surface area contributed by atoms with E-state index in [-0.39, 0.29) is 11.9 Å². The fraction of sp³-hybridized carbons (Fsp3) is 0.435. The van der Waals surface area contributed by atoms with E-state index in [1.165, 1.54) is 16.2 Å². The highest BCUT2D eigenvalue weighted by molar-refractivity contribution is 7.17. The Bertz CT molecular complexity index is 1020. The number of hydrogen-bond donors (Lipinski definition) is 2. The molecule has 1 saturated heterocycles. The average Bonchev–Trinajstić information content (AvgIpc) is 3.24. The van der Waals surface area contributed by atoms with Crippen LogP contribution in [0.3, 0.4) is 0 Å². The van der Waals surface area contributed by atoms with Crippen molar-refractivity contribution in [2.24, 2.45) is 5.73 Å². The van der Waals surface area contributed by atoms with Crippen LogP contribution in [0, 0.1) is 11.3 Å². The molecule has 4 rings (SSSR count). The van der Waals surface area contributed by atoms with Crippen LogP contribution >= 0.6 is 11.3 Å². The fourth-order valence-corrected chi connectivity index (χ4v) is 5.76. The number of nitriles is 1.